The third-order valence-corrected chi connectivity index (χ3v) is 3.47. The lowest BCUT2D eigenvalue weighted by molar-refractivity contribution is -0.115. The Balaban J connectivity index is 1.64. The van der Waals surface area contributed by atoms with Crippen LogP contribution in [0.25, 0.3) is 11.3 Å². The molecular weight excluding hydrogens is 298 g/mol. The predicted octanol–water partition coefficient (Wildman–Crippen LogP) is 3.91. The first-order chi connectivity index (χ1) is 10.7. The molecule has 0 aliphatic carbocycles. The summed E-state index contributed by atoms with van der Waals surface area (Å²) in [6.07, 6.45) is 3.69. The van der Waals surface area contributed by atoms with E-state index in [-0.39, 0.29) is 5.91 Å². The van der Waals surface area contributed by atoms with Crippen LogP contribution in [-0.4, -0.2) is 15.9 Å². The van der Waals surface area contributed by atoms with Crippen molar-refractivity contribution in [1.82, 2.24) is 9.97 Å². The summed E-state index contributed by atoms with van der Waals surface area (Å²) < 4.78 is 0. The molecule has 0 spiro atoms. The van der Waals surface area contributed by atoms with Gasteiger partial charge in [0.05, 0.1) is 24.6 Å². The van der Waals surface area contributed by atoms with Crippen molar-refractivity contribution in [3.05, 3.63) is 71.6 Å². The summed E-state index contributed by atoms with van der Waals surface area (Å²) >= 11 is 5.91. The number of halogens is 1. The molecular formula is C17H14ClN3O. The Kier molecular flexibility index (Phi) is 4.21. The van der Waals surface area contributed by atoms with E-state index >= 15 is 0 Å². The Morgan fingerprint density at radius 1 is 1.18 bits per heavy atom. The summed E-state index contributed by atoms with van der Waals surface area (Å²) in [5.74, 6) is -0.0726. The first kappa shape index (κ1) is 14.4. The fraction of sp³-hybridized carbons (Fsp3) is 0.0588. The van der Waals surface area contributed by atoms with Crippen molar-refractivity contribution in [2.24, 2.45) is 0 Å². The minimum absolute atomic E-state index is 0.0726. The van der Waals surface area contributed by atoms with E-state index in [2.05, 4.69) is 15.3 Å². The number of hydrogen-bond acceptors (Lipinski definition) is 2. The summed E-state index contributed by atoms with van der Waals surface area (Å²) in [5.41, 5.74) is 3.61. The van der Waals surface area contributed by atoms with Crippen LogP contribution in [0.1, 0.15) is 5.56 Å². The molecule has 4 nitrogen and oxygen atoms in total. The zero-order valence-electron chi connectivity index (χ0n) is 11.7. The van der Waals surface area contributed by atoms with E-state index in [0.29, 0.717) is 11.4 Å². The van der Waals surface area contributed by atoms with Gasteiger partial charge in [0.15, 0.2) is 0 Å². The molecule has 0 unspecified atom stereocenters. The monoisotopic (exact) mass is 311 g/mol. The Hall–Kier alpha value is -2.59. The number of benzene rings is 2. The van der Waals surface area contributed by atoms with Crippen molar-refractivity contribution < 1.29 is 4.79 Å². The average molecular weight is 312 g/mol. The molecule has 2 N–H and O–H groups in total. The lowest BCUT2D eigenvalue weighted by Gasteiger charge is -2.06. The predicted molar refractivity (Wildman–Crippen MR) is 87.8 cm³/mol. The smallest absolute Gasteiger partial charge is 0.228 e. The molecule has 0 saturated heterocycles. The van der Waals surface area contributed by atoms with Gasteiger partial charge in [-0.3, -0.25) is 4.79 Å². The van der Waals surface area contributed by atoms with E-state index in [0.717, 1.165) is 22.5 Å². The van der Waals surface area contributed by atoms with E-state index < -0.39 is 0 Å². The van der Waals surface area contributed by atoms with Crippen LogP contribution in [0.3, 0.4) is 0 Å². The van der Waals surface area contributed by atoms with Crippen molar-refractivity contribution in [3.63, 3.8) is 0 Å². The van der Waals surface area contributed by atoms with Crippen molar-refractivity contribution in [2.75, 3.05) is 5.32 Å². The van der Waals surface area contributed by atoms with Crippen LogP contribution in [0.15, 0.2) is 61.1 Å². The largest absolute Gasteiger partial charge is 0.345 e. The number of amides is 1. The molecule has 0 aliphatic rings. The van der Waals surface area contributed by atoms with Gasteiger partial charge >= 0.3 is 0 Å². The highest BCUT2D eigenvalue weighted by Crippen LogP contribution is 2.19. The topological polar surface area (TPSA) is 57.8 Å². The van der Waals surface area contributed by atoms with Crippen LogP contribution in [0.4, 0.5) is 5.69 Å². The molecule has 0 fully saturated rings. The number of H-pyrrole nitrogens is 1. The minimum atomic E-state index is -0.0726. The maximum atomic E-state index is 12.0. The molecule has 0 saturated carbocycles. The number of carbonyl (C=O) groups is 1. The highest BCUT2D eigenvalue weighted by molar-refractivity contribution is 6.30. The molecule has 5 heteroatoms. The summed E-state index contributed by atoms with van der Waals surface area (Å²) in [6, 6.07) is 14.9. The molecule has 110 valence electrons. The number of nitrogens with zero attached hydrogens (tertiary/aromatic N) is 1. The second-order valence-corrected chi connectivity index (χ2v) is 5.33. The maximum Gasteiger partial charge on any atom is 0.228 e. The third-order valence-electron chi connectivity index (χ3n) is 3.23. The number of nitrogens with one attached hydrogen (secondary N) is 2. The normalized spacial score (nSPS) is 10.4. The van der Waals surface area contributed by atoms with Crippen LogP contribution < -0.4 is 5.32 Å². The van der Waals surface area contributed by atoms with Crippen LogP contribution in [-0.2, 0) is 11.2 Å². The van der Waals surface area contributed by atoms with Gasteiger partial charge in [-0.25, -0.2) is 4.98 Å². The molecule has 0 atom stereocenters. The second-order valence-electron chi connectivity index (χ2n) is 4.90. The van der Waals surface area contributed by atoms with Gasteiger partial charge in [-0.05, 0) is 35.4 Å². The minimum Gasteiger partial charge on any atom is -0.345 e. The zero-order valence-corrected chi connectivity index (χ0v) is 12.5. The first-order valence-corrected chi connectivity index (χ1v) is 7.21. The number of hydrogen-bond donors (Lipinski definition) is 2. The molecule has 2 aromatic carbocycles. The number of anilines is 1. The molecule has 1 aromatic heterocycles. The lowest BCUT2D eigenvalue weighted by Crippen LogP contribution is -2.14. The summed E-state index contributed by atoms with van der Waals surface area (Å²) in [4.78, 5) is 19.1. The number of imidazole rings is 1. The van der Waals surface area contributed by atoms with Gasteiger partial charge in [0.2, 0.25) is 5.91 Å². The summed E-state index contributed by atoms with van der Waals surface area (Å²) in [7, 11) is 0. The van der Waals surface area contributed by atoms with Gasteiger partial charge < -0.3 is 10.3 Å². The fourth-order valence-electron chi connectivity index (χ4n) is 2.18. The molecule has 3 aromatic rings. The summed E-state index contributed by atoms with van der Waals surface area (Å²) in [6.45, 7) is 0. The zero-order chi connectivity index (χ0) is 15.4. The average Bonchev–Trinajstić information content (AvgIpc) is 3.02. The van der Waals surface area contributed by atoms with Crippen molar-refractivity contribution >= 4 is 23.2 Å². The van der Waals surface area contributed by atoms with Gasteiger partial charge in [-0.1, -0.05) is 35.9 Å². The molecule has 22 heavy (non-hydrogen) atoms. The van der Waals surface area contributed by atoms with Gasteiger partial charge in [0.1, 0.15) is 0 Å². The molecule has 1 amide bonds. The van der Waals surface area contributed by atoms with Crippen molar-refractivity contribution in [1.29, 1.82) is 0 Å². The number of carbonyl (C=O) groups excluding carboxylic acids is 1. The Morgan fingerprint density at radius 2 is 2.00 bits per heavy atom. The van der Waals surface area contributed by atoms with E-state index in [9.17, 15) is 4.79 Å². The number of rotatable bonds is 4. The second kappa shape index (κ2) is 6.45. The van der Waals surface area contributed by atoms with Crippen molar-refractivity contribution in [3.8, 4) is 11.3 Å². The molecule has 3 rings (SSSR count). The van der Waals surface area contributed by atoms with Gasteiger partial charge in [0.25, 0.3) is 0 Å². The van der Waals surface area contributed by atoms with Crippen LogP contribution in [0.2, 0.25) is 5.02 Å². The molecule has 1 heterocycles. The summed E-state index contributed by atoms with van der Waals surface area (Å²) in [5, 5.41) is 3.51. The standard InChI is InChI=1S/C17H14ClN3O/c18-14-3-1-2-12(8-14)9-17(22)21-15-6-4-13(5-7-15)16-10-19-11-20-16/h1-8,10-11H,9H2,(H,19,20)(H,21,22). The van der Waals surface area contributed by atoms with Gasteiger partial charge in [0, 0.05) is 10.7 Å². The lowest BCUT2D eigenvalue weighted by atomic mass is 10.1. The highest BCUT2D eigenvalue weighted by atomic mass is 35.5. The first-order valence-electron chi connectivity index (χ1n) is 6.84. The van der Waals surface area contributed by atoms with Gasteiger partial charge in [-0.15, -0.1) is 0 Å². The van der Waals surface area contributed by atoms with Crippen LogP contribution in [0, 0.1) is 0 Å². The Bertz CT molecular complexity index is 767. The van der Waals surface area contributed by atoms with E-state index in [4.69, 9.17) is 11.6 Å². The van der Waals surface area contributed by atoms with Crippen LogP contribution in [0.5, 0.6) is 0 Å². The number of aromatic nitrogens is 2. The fourth-order valence-corrected chi connectivity index (χ4v) is 2.40. The van der Waals surface area contributed by atoms with E-state index in [1.165, 1.54) is 0 Å². The van der Waals surface area contributed by atoms with Crippen LogP contribution >= 0.6 is 11.6 Å². The molecule has 0 radical (unpaired) electrons. The third kappa shape index (κ3) is 3.54. The maximum absolute atomic E-state index is 12.0. The SMILES string of the molecule is O=C(Cc1cccc(Cl)c1)Nc1ccc(-c2cnc[nH]2)cc1. The Morgan fingerprint density at radius 3 is 2.68 bits per heavy atom. The van der Waals surface area contributed by atoms with E-state index in [1.807, 2.05) is 36.4 Å². The van der Waals surface area contributed by atoms with Crippen molar-refractivity contribution in [2.45, 2.75) is 6.42 Å². The van der Waals surface area contributed by atoms with Gasteiger partial charge in [-0.2, -0.15) is 0 Å². The Labute approximate surface area is 133 Å². The van der Waals surface area contributed by atoms with E-state index in [1.54, 1.807) is 24.7 Å². The molecule has 0 bridgehead atoms. The quantitative estimate of drug-likeness (QED) is 0.767. The number of aromatic amines is 1. The molecule has 0 aliphatic heterocycles. The highest BCUT2D eigenvalue weighted by Gasteiger charge is 2.05.